The number of nitrogens with zero attached hydrogens (tertiary/aromatic N) is 3. The topological polar surface area (TPSA) is 109 Å². The molecule has 0 saturated heterocycles. The van der Waals surface area contributed by atoms with E-state index in [0.717, 1.165) is 0 Å². The second kappa shape index (κ2) is 6.04. The Labute approximate surface area is 138 Å². The maximum atomic E-state index is 12.5. The number of hydrogen-bond acceptors (Lipinski definition) is 5. The fraction of sp³-hybridized carbons (Fsp3) is 0.250. The molecule has 1 aliphatic rings. The first-order valence-electron chi connectivity index (χ1n) is 7.29. The molecule has 0 aliphatic carbocycles. The average Bonchev–Trinajstić information content (AvgIpc) is 2.98. The second-order valence-corrected chi connectivity index (χ2v) is 5.44. The lowest BCUT2D eigenvalue weighted by Crippen LogP contribution is -2.43. The van der Waals surface area contributed by atoms with Crippen molar-refractivity contribution in [1.82, 2.24) is 15.1 Å². The minimum Gasteiger partial charge on any atom is -0.495 e. The number of carbonyl (C=O) groups is 2. The number of nitriles is 1. The van der Waals surface area contributed by atoms with Gasteiger partial charge in [-0.15, -0.1) is 0 Å². The molecule has 0 spiro atoms. The molecule has 0 saturated carbocycles. The van der Waals surface area contributed by atoms with E-state index in [1.807, 2.05) is 13.0 Å². The Morgan fingerprint density at radius 2 is 2.33 bits per heavy atom. The molecule has 0 bridgehead atoms. The number of fused-ring (bicyclic) bond motifs is 1. The number of anilines is 1. The second-order valence-electron chi connectivity index (χ2n) is 5.44. The summed E-state index contributed by atoms with van der Waals surface area (Å²) in [6, 6.07) is 6.68. The summed E-state index contributed by atoms with van der Waals surface area (Å²) in [6.45, 7) is 2.37. The van der Waals surface area contributed by atoms with Gasteiger partial charge in [0.1, 0.15) is 17.5 Å². The predicted octanol–water partition coefficient (Wildman–Crippen LogP) is 1.15. The number of hydrogen-bond donors (Lipinski definition) is 2. The third-order valence-corrected chi connectivity index (χ3v) is 3.70. The van der Waals surface area contributed by atoms with Crippen molar-refractivity contribution >= 4 is 17.5 Å². The maximum absolute atomic E-state index is 12.5. The molecule has 8 nitrogen and oxygen atoms in total. The molecule has 2 heterocycles. The van der Waals surface area contributed by atoms with Gasteiger partial charge in [-0.05, 0) is 25.1 Å². The van der Waals surface area contributed by atoms with Crippen molar-refractivity contribution in [1.29, 1.82) is 5.26 Å². The number of benzene rings is 1. The van der Waals surface area contributed by atoms with Crippen LogP contribution in [0.2, 0.25) is 0 Å². The zero-order valence-corrected chi connectivity index (χ0v) is 13.2. The van der Waals surface area contributed by atoms with Gasteiger partial charge in [-0.1, -0.05) is 0 Å². The molecule has 0 radical (unpaired) electrons. The highest BCUT2D eigenvalue weighted by Crippen LogP contribution is 2.23. The van der Waals surface area contributed by atoms with Gasteiger partial charge >= 0.3 is 0 Å². The van der Waals surface area contributed by atoms with Gasteiger partial charge in [0.15, 0.2) is 0 Å². The van der Waals surface area contributed by atoms with Gasteiger partial charge < -0.3 is 15.4 Å². The number of carbonyl (C=O) groups excluding carboxylic acids is 2. The summed E-state index contributed by atoms with van der Waals surface area (Å²) >= 11 is 0. The summed E-state index contributed by atoms with van der Waals surface area (Å²) < 4.78 is 6.59. The van der Waals surface area contributed by atoms with E-state index in [9.17, 15) is 9.59 Å². The van der Waals surface area contributed by atoms with Crippen LogP contribution in [0.3, 0.4) is 0 Å². The number of amides is 2. The van der Waals surface area contributed by atoms with Crippen LogP contribution in [0.5, 0.6) is 5.75 Å². The molecule has 1 aromatic heterocycles. The summed E-state index contributed by atoms with van der Waals surface area (Å²) in [5.41, 5.74) is 1.16. The first-order valence-corrected chi connectivity index (χ1v) is 7.29. The number of nitrogens with one attached hydrogen (secondary N) is 2. The number of aromatic nitrogens is 2. The van der Waals surface area contributed by atoms with E-state index in [2.05, 4.69) is 15.7 Å². The highest BCUT2D eigenvalue weighted by atomic mass is 16.5. The average molecular weight is 325 g/mol. The zero-order valence-electron chi connectivity index (χ0n) is 13.2. The van der Waals surface area contributed by atoms with Gasteiger partial charge in [0.25, 0.3) is 11.8 Å². The van der Waals surface area contributed by atoms with Crippen LogP contribution in [0, 0.1) is 11.3 Å². The van der Waals surface area contributed by atoms with Crippen LogP contribution in [0.4, 0.5) is 5.69 Å². The van der Waals surface area contributed by atoms with Crippen LogP contribution < -0.4 is 15.4 Å². The molecule has 1 atom stereocenters. The van der Waals surface area contributed by atoms with Crippen molar-refractivity contribution in [2.75, 3.05) is 12.4 Å². The SMILES string of the molecule is COc1ccc(NC(=O)c2cnn3c2C(=O)NC(C)C3)cc1C#N. The summed E-state index contributed by atoms with van der Waals surface area (Å²) in [5.74, 6) is -0.370. The molecule has 2 amide bonds. The van der Waals surface area contributed by atoms with Crippen LogP contribution in [-0.2, 0) is 6.54 Å². The Morgan fingerprint density at radius 3 is 3.04 bits per heavy atom. The van der Waals surface area contributed by atoms with Crippen molar-refractivity contribution in [2.45, 2.75) is 19.5 Å². The molecule has 0 fully saturated rings. The Bertz CT molecular complexity index is 865. The van der Waals surface area contributed by atoms with Crippen molar-refractivity contribution in [3.8, 4) is 11.8 Å². The van der Waals surface area contributed by atoms with E-state index in [-0.39, 0.29) is 23.2 Å². The number of ether oxygens (including phenoxy) is 1. The highest BCUT2D eigenvalue weighted by Gasteiger charge is 2.28. The molecule has 122 valence electrons. The van der Waals surface area contributed by atoms with Gasteiger partial charge in [-0.3, -0.25) is 14.3 Å². The minimum absolute atomic E-state index is 0.0411. The fourth-order valence-corrected chi connectivity index (χ4v) is 2.60. The highest BCUT2D eigenvalue weighted by molar-refractivity contribution is 6.11. The van der Waals surface area contributed by atoms with Gasteiger partial charge in [0.05, 0.1) is 31.0 Å². The monoisotopic (exact) mass is 325 g/mol. The molecule has 1 unspecified atom stereocenters. The minimum atomic E-state index is -0.463. The molecule has 8 heteroatoms. The third-order valence-electron chi connectivity index (χ3n) is 3.70. The molecule has 1 aliphatic heterocycles. The van der Waals surface area contributed by atoms with Crippen LogP contribution >= 0.6 is 0 Å². The number of rotatable bonds is 3. The van der Waals surface area contributed by atoms with Gasteiger partial charge in [0, 0.05) is 11.7 Å². The molecular formula is C16H15N5O3. The maximum Gasteiger partial charge on any atom is 0.270 e. The van der Waals surface area contributed by atoms with Crippen molar-refractivity contribution < 1.29 is 14.3 Å². The summed E-state index contributed by atoms with van der Waals surface area (Å²) in [5, 5.41) is 18.7. The molecule has 2 aromatic rings. The molecule has 3 rings (SSSR count). The van der Waals surface area contributed by atoms with Gasteiger partial charge in [-0.25, -0.2) is 0 Å². The Kier molecular flexibility index (Phi) is 3.92. The van der Waals surface area contributed by atoms with Crippen LogP contribution in [0.15, 0.2) is 24.4 Å². The molecule has 24 heavy (non-hydrogen) atoms. The smallest absolute Gasteiger partial charge is 0.270 e. The van der Waals surface area contributed by atoms with Crippen LogP contribution in [-0.4, -0.2) is 34.7 Å². The van der Waals surface area contributed by atoms with Crippen LogP contribution in [0.25, 0.3) is 0 Å². The van der Waals surface area contributed by atoms with E-state index >= 15 is 0 Å². The lowest BCUT2D eigenvalue weighted by molar-refractivity contribution is 0.0891. The van der Waals surface area contributed by atoms with Crippen molar-refractivity contribution in [2.24, 2.45) is 0 Å². The lowest BCUT2D eigenvalue weighted by atomic mass is 10.1. The summed E-state index contributed by atoms with van der Waals surface area (Å²) in [4.78, 5) is 24.6. The summed E-state index contributed by atoms with van der Waals surface area (Å²) in [7, 11) is 1.47. The summed E-state index contributed by atoms with van der Waals surface area (Å²) in [6.07, 6.45) is 1.37. The van der Waals surface area contributed by atoms with E-state index in [0.29, 0.717) is 23.5 Å². The number of methoxy groups -OCH3 is 1. The van der Waals surface area contributed by atoms with E-state index in [1.165, 1.54) is 24.1 Å². The molecular weight excluding hydrogens is 310 g/mol. The Hall–Kier alpha value is -3.34. The standard InChI is InChI=1S/C16H15N5O3/c1-9-8-21-14(16(23)19-9)12(7-18-21)15(22)20-11-3-4-13(24-2)10(5-11)6-17/h3-5,7,9H,8H2,1-2H3,(H,19,23)(H,20,22). The molecule has 1 aromatic carbocycles. The van der Waals surface area contributed by atoms with Gasteiger partial charge in [-0.2, -0.15) is 10.4 Å². The van der Waals surface area contributed by atoms with Crippen LogP contribution in [0.1, 0.15) is 33.3 Å². The Balaban J connectivity index is 1.87. The largest absolute Gasteiger partial charge is 0.495 e. The van der Waals surface area contributed by atoms with Gasteiger partial charge in [0.2, 0.25) is 0 Å². The fourth-order valence-electron chi connectivity index (χ4n) is 2.60. The Morgan fingerprint density at radius 1 is 1.54 bits per heavy atom. The first kappa shape index (κ1) is 15.6. The van der Waals surface area contributed by atoms with E-state index in [1.54, 1.807) is 12.1 Å². The zero-order chi connectivity index (χ0) is 17.3. The van der Waals surface area contributed by atoms with Crippen molar-refractivity contribution in [3.05, 3.63) is 41.2 Å². The quantitative estimate of drug-likeness (QED) is 0.880. The molecule has 2 N–H and O–H groups in total. The normalized spacial score (nSPS) is 15.9. The lowest BCUT2D eigenvalue weighted by Gasteiger charge is -2.21. The third kappa shape index (κ3) is 2.67. The first-order chi connectivity index (χ1) is 11.5. The van der Waals surface area contributed by atoms with Crippen molar-refractivity contribution in [3.63, 3.8) is 0 Å². The van der Waals surface area contributed by atoms with E-state index < -0.39 is 5.91 Å². The van der Waals surface area contributed by atoms with E-state index in [4.69, 9.17) is 10.00 Å². The predicted molar refractivity (Wildman–Crippen MR) is 84.8 cm³/mol.